The zero-order valence-corrected chi connectivity index (χ0v) is 10.5. The normalized spacial score (nSPS) is 11.7. The Bertz CT molecular complexity index is 612. The van der Waals surface area contributed by atoms with E-state index in [1.54, 1.807) is 26.0 Å². The highest BCUT2D eigenvalue weighted by Gasteiger charge is 2.34. The molecule has 19 heavy (non-hydrogen) atoms. The third-order valence-electron chi connectivity index (χ3n) is 2.90. The molecule has 0 aromatic heterocycles. The van der Waals surface area contributed by atoms with Crippen molar-refractivity contribution < 1.29 is 17.6 Å². The number of aryl methyl sites for hydroxylation is 2. The molecule has 0 saturated carbocycles. The van der Waals surface area contributed by atoms with E-state index in [2.05, 4.69) is 0 Å². The van der Waals surface area contributed by atoms with Crippen molar-refractivity contribution >= 4 is 0 Å². The van der Waals surface area contributed by atoms with E-state index in [1.165, 1.54) is 18.2 Å². The van der Waals surface area contributed by atoms with Gasteiger partial charge in [0.05, 0.1) is 5.56 Å². The summed E-state index contributed by atoms with van der Waals surface area (Å²) in [6, 6.07) is 8.10. The van der Waals surface area contributed by atoms with E-state index in [0.717, 1.165) is 6.07 Å². The molecule has 0 aliphatic rings. The van der Waals surface area contributed by atoms with Crippen LogP contribution in [0.3, 0.4) is 0 Å². The fourth-order valence-corrected chi connectivity index (χ4v) is 1.97. The lowest BCUT2D eigenvalue weighted by molar-refractivity contribution is -0.137. The summed E-state index contributed by atoms with van der Waals surface area (Å²) < 4.78 is 52.8. The van der Waals surface area contributed by atoms with E-state index in [-0.39, 0.29) is 11.1 Å². The Morgan fingerprint density at radius 1 is 0.789 bits per heavy atom. The van der Waals surface area contributed by atoms with Crippen LogP contribution < -0.4 is 0 Å². The number of hydrogen-bond donors (Lipinski definition) is 0. The van der Waals surface area contributed by atoms with Gasteiger partial charge in [-0.2, -0.15) is 13.2 Å². The van der Waals surface area contributed by atoms with Crippen molar-refractivity contribution in [2.45, 2.75) is 20.0 Å². The number of halogens is 4. The quantitative estimate of drug-likeness (QED) is 0.629. The molecule has 0 radical (unpaired) electrons. The average Bonchev–Trinajstić information content (AvgIpc) is 2.28. The van der Waals surface area contributed by atoms with Gasteiger partial charge in [-0.05, 0) is 37.1 Å². The molecule has 0 N–H and O–H groups in total. The summed E-state index contributed by atoms with van der Waals surface area (Å²) in [5, 5.41) is 0. The molecule has 0 bridgehead atoms. The van der Waals surface area contributed by atoms with E-state index < -0.39 is 17.6 Å². The molecule has 0 nitrogen and oxygen atoms in total. The van der Waals surface area contributed by atoms with Gasteiger partial charge in [0.2, 0.25) is 0 Å². The minimum absolute atomic E-state index is 0.0297. The average molecular weight is 268 g/mol. The predicted molar refractivity (Wildman–Crippen MR) is 66.3 cm³/mol. The largest absolute Gasteiger partial charge is 0.417 e. The third-order valence-corrected chi connectivity index (χ3v) is 2.90. The van der Waals surface area contributed by atoms with E-state index in [9.17, 15) is 17.6 Å². The molecule has 0 unspecified atom stereocenters. The molecule has 0 aliphatic carbocycles. The standard InChI is InChI=1S/C15H12F4/c1-9-3-5-11(13(7-9)15(17,18)19)12-6-4-10(2)8-14(12)16/h3-8H,1-2H3. The second-order valence-corrected chi connectivity index (χ2v) is 4.53. The molecule has 4 heteroatoms. The third kappa shape index (κ3) is 2.78. The molecular weight excluding hydrogens is 256 g/mol. The maximum Gasteiger partial charge on any atom is 0.417 e. The first-order valence-corrected chi connectivity index (χ1v) is 5.73. The van der Waals surface area contributed by atoms with Crippen LogP contribution in [0.2, 0.25) is 0 Å². The Kier molecular flexibility index (Phi) is 3.35. The molecule has 0 saturated heterocycles. The highest BCUT2D eigenvalue weighted by atomic mass is 19.4. The smallest absolute Gasteiger partial charge is 0.206 e. The summed E-state index contributed by atoms with van der Waals surface area (Å²) in [4.78, 5) is 0. The van der Waals surface area contributed by atoms with Gasteiger partial charge in [-0.1, -0.05) is 29.8 Å². The first-order valence-electron chi connectivity index (χ1n) is 5.73. The number of hydrogen-bond acceptors (Lipinski definition) is 0. The monoisotopic (exact) mass is 268 g/mol. The molecule has 0 heterocycles. The maximum atomic E-state index is 13.8. The van der Waals surface area contributed by atoms with E-state index in [1.807, 2.05) is 0 Å². The van der Waals surface area contributed by atoms with Crippen molar-refractivity contribution in [1.29, 1.82) is 0 Å². The van der Waals surface area contributed by atoms with Crippen LogP contribution in [0.25, 0.3) is 11.1 Å². The first-order chi connectivity index (χ1) is 8.79. The van der Waals surface area contributed by atoms with Crippen LogP contribution >= 0.6 is 0 Å². The van der Waals surface area contributed by atoms with Gasteiger partial charge in [-0.15, -0.1) is 0 Å². The van der Waals surface area contributed by atoms with Crippen LogP contribution in [0.1, 0.15) is 16.7 Å². The highest BCUT2D eigenvalue weighted by molar-refractivity contribution is 5.69. The van der Waals surface area contributed by atoms with Crippen molar-refractivity contribution in [2.24, 2.45) is 0 Å². The van der Waals surface area contributed by atoms with Gasteiger partial charge in [-0.3, -0.25) is 0 Å². The molecule has 0 spiro atoms. The SMILES string of the molecule is Cc1ccc(-c2ccc(C)cc2C(F)(F)F)c(F)c1. The molecule has 0 fully saturated rings. The van der Waals surface area contributed by atoms with Crippen molar-refractivity contribution in [3.8, 4) is 11.1 Å². The van der Waals surface area contributed by atoms with Crippen molar-refractivity contribution in [1.82, 2.24) is 0 Å². The molecule has 100 valence electrons. The molecule has 0 atom stereocenters. The van der Waals surface area contributed by atoms with Crippen molar-refractivity contribution in [3.63, 3.8) is 0 Å². The van der Waals surface area contributed by atoms with Gasteiger partial charge in [0.25, 0.3) is 0 Å². The van der Waals surface area contributed by atoms with Gasteiger partial charge in [-0.25, -0.2) is 4.39 Å². The van der Waals surface area contributed by atoms with Crippen LogP contribution in [-0.2, 0) is 6.18 Å². The van der Waals surface area contributed by atoms with Crippen LogP contribution in [0.5, 0.6) is 0 Å². The minimum Gasteiger partial charge on any atom is -0.206 e. The van der Waals surface area contributed by atoms with Crippen LogP contribution in [0.15, 0.2) is 36.4 Å². The fraction of sp³-hybridized carbons (Fsp3) is 0.200. The Balaban J connectivity index is 2.68. The summed E-state index contributed by atoms with van der Waals surface area (Å²) in [7, 11) is 0. The van der Waals surface area contributed by atoms with Gasteiger partial charge in [0.15, 0.2) is 0 Å². The van der Waals surface area contributed by atoms with Crippen molar-refractivity contribution in [2.75, 3.05) is 0 Å². The lowest BCUT2D eigenvalue weighted by Crippen LogP contribution is -2.08. The minimum atomic E-state index is -4.50. The van der Waals surface area contributed by atoms with Crippen LogP contribution in [0.4, 0.5) is 17.6 Å². The summed E-state index contributed by atoms with van der Waals surface area (Å²) in [5.74, 6) is -0.644. The lowest BCUT2D eigenvalue weighted by atomic mass is 9.96. The molecule has 0 amide bonds. The zero-order chi connectivity index (χ0) is 14.2. The van der Waals surface area contributed by atoms with Crippen LogP contribution in [-0.4, -0.2) is 0 Å². The topological polar surface area (TPSA) is 0 Å². The molecule has 2 aromatic carbocycles. The maximum absolute atomic E-state index is 13.8. The van der Waals surface area contributed by atoms with E-state index >= 15 is 0 Å². The van der Waals surface area contributed by atoms with Gasteiger partial charge < -0.3 is 0 Å². The second kappa shape index (κ2) is 4.68. The Morgan fingerprint density at radius 3 is 1.84 bits per heavy atom. The van der Waals surface area contributed by atoms with E-state index in [4.69, 9.17) is 0 Å². The summed E-state index contributed by atoms with van der Waals surface area (Å²) >= 11 is 0. The molecule has 0 aliphatic heterocycles. The lowest BCUT2D eigenvalue weighted by Gasteiger charge is -2.14. The number of benzene rings is 2. The summed E-state index contributed by atoms with van der Waals surface area (Å²) in [6.45, 7) is 3.26. The van der Waals surface area contributed by atoms with Crippen molar-refractivity contribution in [3.05, 3.63) is 58.9 Å². The molecular formula is C15H12F4. The predicted octanol–water partition coefficient (Wildman–Crippen LogP) is 5.13. The molecule has 2 aromatic rings. The fourth-order valence-electron chi connectivity index (χ4n) is 1.97. The number of alkyl halides is 3. The Hall–Kier alpha value is -1.84. The van der Waals surface area contributed by atoms with Gasteiger partial charge >= 0.3 is 6.18 Å². The first kappa shape index (κ1) is 13.6. The summed E-state index contributed by atoms with van der Waals surface area (Å²) in [6.07, 6.45) is -4.50. The second-order valence-electron chi connectivity index (χ2n) is 4.53. The molecule has 2 rings (SSSR count). The van der Waals surface area contributed by atoms with Gasteiger partial charge in [0.1, 0.15) is 5.82 Å². The van der Waals surface area contributed by atoms with Gasteiger partial charge in [0, 0.05) is 5.56 Å². The zero-order valence-electron chi connectivity index (χ0n) is 10.5. The Labute approximate surface area is 108 Å². The Morgan fingerprint density at radius 2 is 1.32 bits per heavy atom. The highest BCUT2D eigenvalue weighted by Crippen LogP contribution is 2.38. The van der Waals surface area contributed by atoms with Crippen LogP contribution in [0, 0.1) is 19.7 Å². The summed E-state index contributed by atoms with van der Waals surface area (Å²) in [5.41, 5.74) is 0.189. The number of rotatable bonds is 1. The van der Waals surface area contributed by atoms with E-state index in [0.29, 0.717) is 11.1 Å².